The first kappa shape index (κ1) is 17.4. The van der Waals surface area contributed by atoms with Crippen LogP contribution in [-0.4, -0.2) is 60.5 Å². The molecule has 1 atom stereocenters. The Balaban J connectivity index is 3.01. The van der Waals surface area contributed by atoms with Gasteiger partial charge in [-0.3, -0.25) is 14.9 Å². The largest absolute Gasteiger partial charge is 0.389 e. The molecule has 0 spiro atoms. The van der Waals surface area contributed by atoms with Crippen molar-refractivity contribution in [1.29, 1.82) is 0 Å². The number of ether oxygens (including phenoxy) is 1. The standard InChI is InChI=1S/C13H18N2O5S/c1-14(7-9(16)8-20-2)13(17)11-6-10(21-3)4-5-12(11)15(18)19/h4-6,9,16H,7-8H2,1-3H3. The summed E-state index contributed by atoms with van der Waals surface area (Å²) in [5.74, 6) is -0.507. The minimum atomic E-state index is -0.841. The summed E-state index contributed by atoms with van der Waals surface area (Å²) in [5.41, 5.74) is -0.232. The molecule has 7 nitrogen and oxygen atoms in total. The molecule has 1 aromatic carbocycles. The maximum absolute atomic E-state index is 12.3. The van der Waals surface area contributed by atoms with Crippen LogP contribution in [0.1, 0.15) is 10.4 Å². The number of thioether (sulfide) groups is 1. The molecule has 0 saturated heterocycles. The highest BCUT2D eigenvalue weighted by molar-refractivity contribution is 7.98. The SMILES string of the molecule is COCC(O)CN(C)C(=O)c1cc(SC)ccc1[N+](=O)[O-]. The Bertz CT molecular complexity index is 523. The quantitative estimate of drug-likeness (QED) is 0.464. The monoisotopic (exact) mass is 314 g/mol. The third kappa shape index (κ3) is 4.69. The molecule has 8 heteroatoms. The van der Waals surface area contributed by atoms with Gasteiger partial charge in [-0.25, -0.2) is 0 Å². The van der Waals surface area contributed by atoms with Crippen LogP contribution < -0.4 is 0 Å². The molecule has 0 aromatic heterocycles. The average Bonchev–Trinajstić information content (AvgIpc) is 2.45. The van der Waals surface area contributed by atoms with E-state index >= 15 is 0 Å². The molecule has 0 radical (unpaired) electrons. The van der Waals surface area contributed by atoms with Crippen molar-refractivity contribution >= 4 is 23.4 Å². The lowest BCUT2D eigenvalue weighted by molar-refractivity contribution is -0.385. The van der Waals surface area contributed by atoms with E-state index in [0.717, 1.165) is 4.90 Å². The fourth-order valence-corrected chi connectivity index (χ4v) is 2.26. The number of likely N-dealkylation sites (N-methyl/N-ethyl adjacent to an activating group) is 1. The van der Waals surface area contributed by atoms with E-state index in [1.807, 2.05) is 6.26 Å². The molecule has 116 valence electrons. The zero-order chi connectivity index (χ0) is 16.0. The molecule has 1 aromatic rings. The van der Waals surface area contributed by atoms with E-state index in [4.69, 9.17) is 4.74 Å². The zero-order valence-electron chi connectivity index (χ0n) is 12.1. The molecule has 0 aliphatic rings. The van der Waals surface area contributed by atoms with Crippen LogP contribution in [0.25, 0.3) is 0 Å². The summed E-state index contributed by atoms with van der Waals surface area (Å²) in [6.45, 7) is 0.123. The van der Waals surface area contributed by atoms with Gasteiger partial charge >= 0.3 is 0 Å². The highest BCUT2D eigenvalue weighted by Crippen LogP contribution is 2.25. The fourth-order valence-electron chi connectivity index (χ4n) is 1.82. The molecule has 1 unspecified atom stereocenters. The molecule has 0 bridgehead atoms. The third-order valence-corrected chi connectivity index (χ3v) is 3.55. The molecular weight excluding hydrogens is 296 g/mol. The molecule has 0 fully saturated rings. The van der Waals surface area contributed by atoms with Gasteiger partial charge in [-0.1, -0.05) is 0 Å². The van der Waals surface area contributed by atoms with Crippen LogP contribution in [-0.2, 0) is 4.74 Å². The number of hydrogen-bond acceptors (Lipinski definition) is 6. The maximum Gasteiger partial charge on any atom is 0.282 e. The maximum atomic E-state index is 12.3. The number of amides is 1. The number of carbonyl (C=O) groups is 1. The van der Waals surface area contributed by atoms with E-state index in [2.05, 4.69) is 0 Å². The van der Waals surface area contributed by atoms with Crippen LogP contribution >= 0.6 is 11.8 Å². The summed E-state index contributed by atoms with van der Waals surface area (Å²) in [4.78, 5) is 24.8. The summed E-state index contributed by atoms with van der Waals surface area (Å²) in [6, 6.07) is 4.40. The van der Waals surface area contributed by atoms with Crippen molar-refractivity contribution < 1.29 is 19.6 Å². The van der Waals surface area contributed by atoms with E-state index in [1.165, 1.54) is 43.0 Å². The number of aliphatic hydroxyl groups is 1. The molecular formula is C13H18N2O5S. The number of aliphatic hydroxyl groups excluding tert-OH is 1. The number of benzene rings is 1. The molecule has 1 N–H and O–H groups in total. The molecule has 0 saturated carbocycles. The van der Waals surface area contributed by atoms with Crippen molar-refractivity contribution in [2.75, 3.05) is 33.6 Å². The number of nitrogens with zero attached hydrogens (tertiary/aromatic N) is 2. The molecule has 0 aliphatic heterocycles. The first-order valence-corrected chi connectivity index (χ1v) is 7.38. The van der Waals surface area contributed by atoms with Crippen LogP contribution in [0.2, 0.25) is 0 Å². The van der Waals surface area contributed by atoms with Crippen molar-refractivity contribution in [2.24, 2.45) is 0 Å². The lowest BCUT2D eigenvalue weighted by Crippen LogP contribution is -2.36. The van der Waals surface area contributed by atoms with Crippen LogP contribution in [0.3, 0.4) is 0 Å². The van der Waals surface area contributed by atoms with E-state index in [1.54, 1.807) is 6.07 Å². The van der Waals surface area contributed by atoms with Crippen LogP contribution in [0.4, 0.5) is 5.69 Å². The van der Waals surface area contributed by atoms with Crippen LogP contribution in [0.5, 0.6) is 0 Å². The molecule has 1 amide bonds. The number of nitro benzene ring substituents is 1. The Morgan fingerprint density at radius 1 is 1.57 bits per heavy atom. The summed E-state index contributed by atoms with van der Waals surface area (Å²) >= 11 is 1.39. The van der Waals surface area contributed by atoms with Gasteiger partial charge in [-0.2, -0.15) is 0 Å². The van der Waals surface area contributed by atoms with Crippen molar-refractivity contribution in [2.45, 2.75) is 11.0 Å². The zero-order valence-corrected chi connectivity index (χ0v) is 12.9. The Morgan fingerprint density at radius 2 is 2.24 bits per heavy atom. The average molecular weight is 314 g/mol. The number of rotatable bonds is 7. The number of hydrogen-bond donors (Lipinski definition) is 1. The second kappa shape index (κ2) is 7.96. The molecule has 21 heavy (non-hydrogen) atoms. The first-order chi connectivity index (χ1) is 9.90. The second-order valence-electron chi connectivity index (χ2n) is 4.44. The smallest absolute Gasteiger partial charge is 0.282 e. The highest BCUT2D eigenvalue weighted by atomic mass is 32.2. The minimum Gasteiger partial charge on any atom is -0.389 e. The second-order valence-corrected chi connectivity index (χ2v) is 5.31. The highest BCUT2D eigenvalue weighted by Gasteiger charge is 2.24. The van der Waals surface area contributed by atoms with E-state index < -0.39 is 16.9 Å². The topological polar surface area (TPSA) is 92.9 Å². The Labute approximate surface area is 127 Å². The summed E-state index contributed by atoms with van der Waals surface area (Å²) in [6.07, 6.45) is 0.980. The van der Waals surface area contributed by atoms with Gasteiger partial charge in [0.1, 0.15) is 5.56 Å². The van der Waals surface area contributed by atoms with Crippen molar-refractivity contribution in [3.05, 3.63) is 33.9 Å². The van der Waals surface area contributed by atoms with Gasteiger partial charge in [-0.15, -0.1) is 11.8 Å². The summed E-state index contributed by atoms with van der Waals surface area (Å²) in [5, 5.41) is 20.7. The number of nitro groups is 1. The molecule has 0 aliphatic carbocycles. The normalized spacial score (nSPS) is 12.0. The Kier molecular flexibility index (Phi) is 6.60. The van der Waals surface area contributed by atoms with Crippen molar-refractivity contribution in [3.63, 3.8) is 0 Å². The van der Waals surface area contributed by atoms with Gasteiger partial charge in [0.15, 0.2) is 0 Å². The van der Waals surface area contributed by atoms with Gasteiger partial charge in [0.25, 0.3) is 11.6 Å². The minimum absolute atomic E-state index is 0.0129. The third-order valence-electron chi connectivity index (χ3n) is 2.82. The van der Waals surface area contributed by atoms with E-state index in [-0.39, 0.29) is 24.4 Å². The predicted molar refractivity (Wildman–Crippen MR) is 79.7 cm³/mol. The first-order valence-electron chi connectivity index (χ1n) is 6.15. The molecule has 1 rings (SSSR count). The van der Waals surface area contributed by atoms with Crippen LogP contribution in [0.15, 0.2) is 23.1 Å². The Hall–Kier alpha value is -1.64. The van der Waals surface area contributed by atoms with Gasteiger partial charge in [0.05, 0.1) is 17.6 Å². The summed E-state index contributed by atoms with van der Waals surface area (Å²) in [7, 11) is 2.93. The fraction of sp³-hybridized carbons (Fsp3) is 0.462. The lowest BCUT2D eigenvalue weighted by Gasteiger charge is -2.20. The van der Waals surface area contributed by atoms with Crippen molar-refractivity contribution in [1.82, 2.24) is 4.90 Å². The number of methoxy groups -OCH3 is 1. The van der Waals surface area contributed by atoms with Gasteiger partial charge in [0, 0.05) is 31.7 Å². The van der Waals surface area contributed by atoms with Crippen LogP contribution in [0, 0.1) is 10.1 Å². The van der Waals surface area contributed by atoms with Gasteiger partial charge < -0.3 is 14.7 Å². The van der Waals surface area contributed by atoms with Gasteiger partial charge in [-0.05, 0) is 18.4 Å². The number of carbonyl (C=O) groups excluding carboxylic acids is 1. The van der Waals surface area contributed by atoms with E-state index in [9.17, 15) is 20.0 Å². The Morgan fingerprint density at radius 3 is 2.76 bits per heavy atom. The van der Waals surface area contributed by atoms with Crippen molar-refractivity contribution in [3.8, 4) is 0 Å². The predicted octanol–water partition coefficient (Wildman–Crippen LogP) is 1.40. The van der Waals surface area contributed by atoms with Gasteiger partial charge in [0.2, 0.25) is 0 Å². The lowest BCUT2D eigenvalue weighted by atomic mass is 10.1. The molecule has 0 heterocycles. The van der Waals surface area contributed by atoms with E-state index in [0.29, 0.717) is 0 Å². The summed E-state index contributed by atoms with van der Waals surface area (Å²) < 4.78 is 4.79.